The highest BCUT2D eigenvalue weighted by atomic mass is 32.2. The highest BCUT2D eigenvalue weighted by Crippen LogP contribution is 2.30. The SMILES string of the molecule is NS(=O)(=O)c1cccc(-c2n[nH]c3ccc(NC(=O)C(CN4CCOCC4)c4ccccc4)cc23)c1. The van der Waals surface area contributed by atoms with Gasteiger partial charge in [-0.15, -0.1) is 0 Å². The normalized spacial score (nSPS) is 15.6. The molecule has 0 aliphatic carbocycles. The van der Waals surface area contributed by atoms with E-state index in [1.165, 1.54) is 12.1 Å². The third-order valence-electron chi connectivity index (χ3n) is 6.33. The molecule has 9 nitrogen and oxygen atoms in total. The number of H-pyrrole nitrogens is 1. The number of benzene rings is 3. The van der Waals surface area contributed by atoms with Gasteiger partial charge in [0, 0.05) is 36.3 Å². The van der Waals surface area contributed by atoms with E-state index in [4.69, 9.17) is 9.88 Å². The summed E-state index contributed by atoms with van der Waals surface area (Å²) in [6.07, 6.45) is 0. The van der Waals surface area contributed by atoms with Crippen LogP contribution in [0.15, 0.2) is 77.7 Å². The number of sulfonamides is 1. The number of hydrogen-bond acceptors (Lipinski definition) is 6. The van der Waals surface area contributed by atoms with E-state index >= 15 is 0 Å². The maximum atomic E-state index is 13.5. The molecular weight excluding hydrogens is 478 g/mol. The molecule has 36 heavy (non-hydrogen) atoms. The van der Waals surface area contributed by atoms with Crippen LogP contribution < -0.4 is 10.5 Å². The number of ether oxygens (including phenoxy) is 1. The molecule has 10 heteroatoms. The van der Waals surface area contributed by atoms with E-state index in [0.29, 0.717) is 36.7 Å². The Labute approximate surface area is 209 Å². The minimum atomic E-state index is -3.85. The number of nitrogens with zero attached hydrogens (tertiary/aromatic N) is 2. The number of morpholine rings is 1. The molecule has 0 saturated carbocycles. The molecule has 1 aliphatic rings. The minimum absolute atomic E-state index is 0.00872. The molecule has 186 valence electrons. The van der Waals surface area contributed by atoms with Gasteiger partial charge in [0.1, 0.15) is 5.69 Å². The standard InChI is InChI=1S/C26H27N5O4S/c27-36(33,34)21-8-4-7-19(15-21)25-22-16-20(9-10-24(22)29-30-25)28-26(32)23(18-5-2-1-3-6-18)17-31-11-13-35-14-12-31/h1-10,15-16,23H,11-14,17H2,(H,28,32)(H,29,30)(H2,27,33,34). The summed E-state index contributed by atoms with van der Waals surface area (Å²) in [7, 11) is -3.85. The molecule has 0 bridgehead atoms. The number of nitrogens with one attached hydrogen (secondary N) is 2. The van der Waals surface area contributed by atoms with Gasteiger partial charge in [-0.05, 0) is 35.9 Å². The van der Waals surface area contributed by atoms with Gasteiger partial charge in [-0.3, -0.25) is 14.8 Å². The summed E-state index contributed by atoms with van der Waals surface area (Å²) in [6.45, 7) is 3.50. The van der Waals surface area contributed by atoms with Gasteiger partial charge in [0.25, 0.3) is 0 Å². The van der Waals surface area contributed by atoms with Crippen molar-refractivity contribution < 1.29 is 17.9 Å². The van der Waals surface area contributed by atoms with Gasteiger partial charge in [0.05, 0.1) is 29.5 Å². The number of nitrogens with two attached hydrogens (primary N) is 1. The van der Waals surface area contributed by atoms with Crippen molar-refractivity contribution in [3.8, 4) is 11.3 Å². The molecule has 1 unspecified atom stereocenters. The van der Waals surface area contributed by atoms with E-state index in [2.05, 4.69) is 20.4 Å². The van der Waals surface area contributed by atoms with Crippen molar-refractivity contribution >= 4 is 32.5 Å². The lowest BCUT2D eigenvalue weighted by atomic mass is 9.97. The van der Waals surface area contributed by atoms with Gasteiger partial charge in [-0.2, -0.15) is 5.10 Å². The monoisotopic (exact) mass is 505 g/mol. The number of anilines is 1. The number of hydrogen-bond donors (Lipinski definition) is 3. The van der Waals surface area contributed by atoms with Gasteiger partial charge in [-0.1, -0.05) is 42.5 Å². The van der Waals surface area contributed by atoms with Crippen LogP contribution in [0.3, 0.4) is 0 Å². The predicted molar refractivity (Wildman–Crippen MR) is 138 cm³/mol. The Morgan fingerprint density at radius 2 is 1.83 bits per heavy atom. The van der Waals surface area contributed by atoms with Crippen molar-refractivity contribution in [3.63, 3.8) is 0 Å². The number of aromatic amines is 1. The van der Waals surface area contributed by atoms with Crippen LogP contribution in [0.25, 0.3) is 22.2 Å². The third-order valence-corrected chi connectivity index (χ3v) is 7.24. The first-order valence-electron chi connectivity index (χ1n) is 11.7. The molecule has 2 heterocycles. The lowest BCUT2D eigenvalue weighted by molar-refractivity contribution is -0.118. The third kappa shape index (κ3) is 5.31. The van der Waals surface area contributed by atoms with Crippen molar-refractivity contribution in [3.05, 3.63) is 78.4 Å². The summed E-state index contributed by atoms with van der Waals surface area (Å²) in [4.78, 5) is 15.8. The molecule has 1 fully saturated rings. The summed E-state index contributed by atoms with van der Waals surface area (Å²) in [5.74, 6) is -0.455. The van der Waals surface area contributed by atoms with Gasteiger partial charge >= 0.3 is 0 Å². The predicted octanol–water partition coefficient (Wildman–Crippen LogP) is 2.93. The largest absolute Gasteiger partial charge is 0.379 e. The lowest BCUT2D eigenvalue weighted by Crippen LogP contribution is -2.41. The van der Waals surface area contributed by atoms with Crippen molar-refractivity contribution in [1.82, 2.24) is 15.1 Å². The zero-order chi connectivity index (χ0) is 25.1. The first-order valence-corrected chi connectivity index (χ1v) is 13.2. The molecule has 1 aromatic heterocycles. The summed E-state index contributed by atoms with van der Waals surface area (Å²) in [5, 5.41) is 16.5. The second kappa shape index (κ2) is 10.2. The van der Waals surface area contributed by atoms with E-state index in [0.717, 1.165) is 29.6 Å². The summed E-state index contributed by atoms with van der Waals surface area (Å²) < 4.78 is 29.1. The van der Waals surface area contributed by atoms with E-state index in [9.17, 15) is 13.2 Å². The van der Waals surface area contributed by atoms with Gasteiger partial charge in [0.15, 0.2) is 0 Å². The molecule has 4 aromatic rings. The molecule has 1 atom stereocenters. The summed E-state index contributed by atoms with van der Waals surface area (Å²) in [6, 6.07) is 21.6. The second-order valence-electron chi connectivity index (χ2n) is 8.77. The molecule has 1 aliphatic heterocycles. The average molecular weight is 506 g/mol. The van der Waals surface area contributed by atoms with Crippen LogP contribution in [-0.4, -0.2) is 62.3 Å². The van der Waals surface area contributed by atoms with Crippen molar-refractivity contribution in [2.75, 3.05) is 38.2 Å². The molecule has 3 aromatic carbocycles. The number of carbonyl (C=O) groups is 1. The van der Waals surface area contributed by atoms with Gasteiger partial charge < -0.3 is 10.1 Å². The van der Waals surface area contributed by atoms with Crippen molar-refractivity contribution in [2.24, 2.45) is 5.14 Å². The van der Waals surface area contributed by atoms with Crippen LogP contribution >= 0.6 is 0 Å². The molecule has 5 rings (SSSR count). The zero-order valence-corrected chi connectivity index (χ0v) is 20.4. The fourth-order valence-electron chi connectivity index (χ4n) is 4.43. The van der Waals surface area contributed by atoms with E-state index in [1.807, 2.05) is 48.5 Å². The lowest BCUT2D eigenvalue weighted by Gasteiger charge is -2.30. The number of fused-ring (bicyclic) bond motifs is 1. The van der Waals surface area contributed by atoms with Crippen LogP contribution in [0.1, 0.15) is 11.5 Å². The summed E-state index contributed by atoms with van der Waals surface area (Å²) in [5.41, 5.74) is 3.51. The molecule has 0 spiro atoms. The van der Waals surface area contributed by atoms with Gasteiger partial charge in [-0.25, -0.2) is 13.6 Å². The van der Waals surface area contributed by atoms with E-state index in [-0.39, 0.29) is 16.7 Å². The van der Waals surface area contributed by atoms with E-state index in [1.54, 1.807) is 12.1 Å². The number of rotatable bonds is 7. The van der Waals surface area contributed by atoms with Crippen LogP contribution in [0.2, 0.25) is 0 Å². The number of amides is 1. The number of primary sulfonamides is 1. The zero-order valence-electron chi connectivity index (χ0n) is 19.6. The van der Waals surface area contributed by atoms with Gasteiger partial charge in [0.2, 0.25) is 15.9 Å². The highest BCUT2D eigenvalue weighted by Gasteiger charge is 2.25. The Hall–Kier alpha value is -3.57. The summed E-state index contributed by atoms with van der Waals surface area (Å²) >= 11 is 0. The topological polar surface area (TPSA) is 130 Å². The smallest absolute Gasteiger partial charge is 0.238 e. The molecular formula is C26H27N5O4S. The number of aromatic nitrogens is 2. The fraction of sp³-hybridized carbons (Fsp3) is 0.231. The molecule has 0 radical (unpaired) electrons. The Morgan fingerprint density at radius 3 is 2.58 bits per heavy atom. The molecule has 1 amide bonds. The van der Waals surface area contributed by atoms with E-state index < -0.39 is 10.0 Å². The van der Waals surface area contributed by atoms with Crippen LogP contribution in [-0.2, 0) is 19.6 Å². The maximum absolute atomic E-state index is 13.5. The minimum Gasteiger partial charge on any atom is -0.379 e. The van der Waals surface area contributed by atoms with Crippen LogP contribution in [0.4, 0.5) is 5.69 Å². The molecule has 1 saturated heterocycles. The highest BCUT2D eigenvalue weighted by molar-refractivity contribution is 7.89. The quantitative estimate of drug-likeness (QED) is 0.354. The Balaban J connectivity index is 1.43. The van der Waals surface area contributed by atoms with Crippen LogP contribution in [0, 0.1) is 0 Å². The first-order chi connectivity index (χ1) is 17.4. The Kier molecular flexibility index (Phi) is 6.84. The van der Waals surface area contributed by atoms with Crippen molar-refractivity contribution in [1.29, 1.82) is 0 Å². The first kappa shape index (κ1) is 24.1. The average Bonchev–Trinajstić information content (AvgIpc) is 3.31. The fourth-order valence-corrected chi connectivity index (χ4v) is 4.99. The maximum Gasteiger partial charge on any atom is 0.238 e. The van der Waals surface area contributed by atoms with Crippen molar-refractivity contribution in [2.45, 2.75) is 10.8 Å². The Bertz CT molecular complexity index is 1480. The van der Waals surface area contributed by atoms with Crippen LogP contribution in [0.5, 0.6) is 0 Å². The number of carbonyl (C=O) groups excluding carboxylic acids is 1. The second-order valence-corrected chi connectivity index (χ2v) is 10.3. The Morgan fingerprint density at radius 1 is 1.06 bits per heavy atom. The molecule has 4 N–H and O–H groups in total.